The molecule has 1 aromatic heterocycles. The number of hydrogen-bond acceptors (Lipinski definition) is 3. The third-order valence-corrected chi connectivity index (χ3v) is 3.80. The molecule has 0 aliphatic heterocycles. The molecule has 0 saturated heterocycles. The Hall–Kier alpha value is -2.18. The number of alkyl carbamates (subject to hydrolysis) is 1. The lowest BCUT2D eigenvalue weighted by atomic mass is 10.1. The summed E-state index contributed by atoms with van der Waals surface area (Å²) < 4.78 is 6.90. The number of aliphatic carboxylic acids is 1. The second-order valence-electron chi connectivity index (χ2n) is 6.74. The number of hydrogen-bond donors (Lipinski definition) is 2. The fourth-order valence-electron chi connectivity index (χ4n) is 2.37. The second-order valence-corrected chi connectivity index (χ2v) is 7.61. The van der Waals surface area contributed by atoms with Crippen molar-refractivity contribution in [3.05, 3.63) is 52.3 Å². The lowest BCUT2D eigenvalue weighted by Crippen LogP contribution is -2.44. The SMILES string of the molecule is CC(C)(C)OC(=O)NC(Cc1cccn1-c1cc(Cl)cc(Cl)c1)C(=O)O. The maximum Gasteiger partial charge on any atom is 0.408 e. The van der Waals surface area contributed by atoms with Gasteiger partial charge in [0, 0.05) is 34.0 Å². The molecule has 2 rings (SSSR count). The van der Waals surface area contributed by atoms with E-state index in [0.29, 0.717) is 21.4 Å². The molecule has 26 heavy (non-hydrogen) atoms. The number of nitrogens with one attached hydrogen (secondary N) is 1. The van der Waals surface area contributed by atoms with Gasteiger partial charge in [-0.1, -0.05) is 23.2 Å². The molecule has 0 fully saturated rings. The van der Waals surface area contributed by atoms with Gasteiger partial charge in [0.25, 0.3) is 0 Å². The van der Waals surface area contributed by atoms with Crippen LogP contribution in [0.1, 0.15) is 26.5 Å². The van der Waals surface area contributed by atoms with Crippen LogP contribution in [0.2, 0.25) is 10.0 Å². The molecular formula is C18H20Cl2N2O4. The quantitative estimate of drug-likeness (QED) is 0.786. The van der Waals surface area contributed by atoms with Crippen LogP contribution in [0, 0.1) is 0 Å². The molecule has 2 aromatic rings. The predicted molar refractivity (Wildman–Crippen MR) is 100 cm³/mol. The topological polar surface area (TPSA) is 80.6 Å². The smallest absolute Gasteiger partial charge is 0.408 e. The first-order chi connectivity index (χ1) is 12.0. The van der Waals surface area contributed by atoms with Gasteiger partial charge in [-0.3, -0.25) is 0 Å². The zero-order valence-corrected chi connectivity index (χ0v) is 16.1. The Balaban J connectivity index is 2.22. The highest BCUT2D eigenvalue weighted by Gasteiger charge is 2.25. The first-order valence-corrected chi connectivity index (χ1v) is 8.66. The van der Waals surface area contributed by atoms with Gasteiger partial charge in [0.2, 0.25) is 0 Å². The molecule has 1 heterocycles. The van der Waals surface area contributed by atoms with Gasteiger partial charge in [0.15, 0.2) is 0 Å². The summed E-state index contributed by atoms with van der Waals surface area (Å²) in [6.45, 7) is 5.11. The molecule has 8 heteroatoms. The normalized spacial score (nSPS) is 12.5. The Morgan fingerprint density at radius 1 is 1.23 bits per heavy atom. The number of carboxylic acid groups (broad SMARTS) is 1. The van der Waals surface area contributed by atoms with E-state index < -0.39 is 23.7 Å². The molecule has 0 aliphatic rings. The largest absolute Gasteiger partial charge is 0.480 e. The van der Waals surface area contributed by atoms with Gasteiger partial charge < -0.3 is 19.7 Å². The summed E-state index contributed by atoms with van der Waals surface area (Å²) in [5.74, 6) is -1.16. The van der Waals surface area contributed by atoms with E-state index in [9.17, 15) is 14.7 Å². The van der Waals surface area contributed by atoms with Crippen molar-refractivity contribution in [3.63, 3.8) is 0 Å². The lowest BCUT2D eigenvalue weighted by molar-refractivity contribution is -0.139. The number of benzene rings is 1. The van der Waals surface area contributed by atoms with Gasteiger partial charge >= 0.3 is 12.1 Å². The minimum atomic E-state index is -1.16. The number of carbonyl (C=O) groups is 2. The summed E-state index contributed by atoms with van der Waals surface area (Å²) in [5, 5.41) is 12.8. The van der Waals surface area contributed by atoms with Crippen molar-refractivity contribution in [2.45, 2.75) is 38.8 Å². The third-order valence-electron chi connectivity index (χ3n) is 3.36. The minimum Gasteiger partial charge on any atom is -0.480 e. The number of carbonyl (C=O) groups excluding carboxylic acids is 1. The fourth-order valence-corrected chi connectivity index (χ4v) is 2.89. The highest BCUT2D eigenvalue weighted by molar-refractivity contribution is 6.34. The molecule has 0 saturated carbocycles. The van der Waals surface area contributed by atoms with Gasteiger partial charge in [-0.05, 0) is 51.1 Å². The Kier molecular flexibility index (Phi) is 6.21. The first-order valence-electron chi connectivity index (χ1n) is 7.90. The fraction of sp³-hybridized carbons (Fsp3) is 0.333. The van der Waals surface area contributed by atoms with Crippen molar-refractivity contribution in [2.75, 3.05) is 0 Å². The summed E-state index contributed by atoms with van der Waals surface area (Å²) in [4.78, 5) is 23.5. The monoisotopic (exact) mass is 398 g/mol. The molecule has 2 N–H and O–H groups in total. The molecule has 0 bridgehead atoms. The molecule has 1 aromatic carbocycles. The van der Waals surface area contributed by atoms with E-state index in [4.69, 9.17) is 27.9 Å². The number of amides is 1. The van der Waals surface area contributed by atoms with Crippen LogP contribution in [0.4, 0.5) is 4.79 Å². The highest BCUT2D eigenvalue weighted by atomic mass is 35.5. The number of ether oxygens (including phenoxy) is 1. The van der Waals surface area contributed by atoms with Crippen molar-refractivity contribution in [1.29, 1.82) is 0 Å². The summed E-state index contributed by atoms with van der Waals surface area (Å²) in [6.07, 6.45) is 1.05. The molecule has 6 nitrogen and oxygen atoms in total. The van der Waals surface area contributed by atoms with E-state index in [-0.39, 0.29) is 6.42 Å². The van der Waals surface area contributed by atoms with Crippen molar-refractivity contribution < 1.29 is 19.4 Å². The molecule has 1 amide bonds. The van der Waals surface area contributed by atoms with Crippen LogP contribution in [0.5, 0.6) is 0 Å². The van der Waals surface area contributed by atoms with Gasteiger partial charge in [0.1, 0.15) is 11.6 Å². The standard InChI is InChI=1S/C18H20Cl2N2O4/c1-18(2,3)26-17(25)21-15(16(23)24)10-13-5-4-6-22(13)14-8-11(19)7-12(20)9-14/h4-9,15H,10H2,1-3H3,(H,21,25)(H,23,24). The van der Waals surface area contributed by atoms with E-state index in [0.717, 1.165) is 0 Å². The summed E-state index contributed by atoms with van der Waals surface area (Å²) in [7, 11) is 0. The molecule has 0 aliphatic carbocycles. The third kappa shape index (κ3) is 5.68. The maximum atomic E-state index is 11.9. The summed E-state index contributed by atoms with van der Waals surface area (Å²) >= 11 is 12.1. The number of halogens is 2. The maximum absolute atomic E-state index is 11.9. The lowest BCUT2D eigenvalue weighted by Gasteiger charge is -2.22. The van der Waals surface area contributed by atoms with Crippen molar-refractivity contribution in [2.24, 2.45) is 0 Å². The Labute approximate surface area is 161 Å². The predicted octanol–water partition coefficient (Wildman–Crippen LogP) is 4.30. The van der Waals surface area contributed by atoms with Crippen LogP contribution in [-0.2, 0) is 16.0 Å². The van der Waals surface area contributed by atoms with E-state index in [1.165, 1.54) is 0 Å². The van der Waals surface area contributed by atoms with Gasteiger partial charge in [-0.2, -0.15) is 0 Å². The number of carboxylic acids is 1. The summed E-state index contributed by atoms with van der Waals surface area (Å²) in [5.41, 5.74) is 0.654. The Morgan fingerprint density at radius 2 is 1.85 bits per heavy atom. The summed E-state index contributed by atoms with van der Waals surface area (Å²) in [6, 6.07) is 7.44. The number of aromatic nitrogens is 1. The molecule has 140 valence electrons. The van der Waals surface area contributed by atoms with Crippen LogP contribution < -0.4 is 5.32 Å². The number of rotatable bonds is 5. The van der Waals surface area contributed by atoms with E-state index in [1.54, 1.807) is 61.9 Å². The zero-order chi connectivity index (χ0) is 19.5. The second kappa shape index (κ2) is 8.01. The Morgan fingerprint density at radius 3 is 2.38 bits per heavy atom. The van der Waals surface area contributed by atoms with Crippen LogP contribution in [-0.4, -0.2) is 33.4 Å². The molecule has 0 spiro atoms. The van der Waals surface area contributed by atoms with Crippen LogP contribution >= 0.6 is 23.2 Å². The highest BCUT2D eigenvalue weighted by Crippen LogP contribution is 2.23. The first kappa shape index (κ1) is 20.1. The van der Waals surface area contributed by atoms with Crippen LogP contribution in [0.15, 0.2) is 36.5 Å². The zero-order valence-electron chi connectivity index (χ0n) is 14.6. The Bertz CT molecular complexity index is 792. The average molecular weight is 399 g/mol. The van der Waals surface area contributed by atoms with Crippen molar-refractivity contribution in [1.82, 2.24) is 9.88 Å². The minimum absolute atomic E-state index is 0.0612. The van der Waals surface area contributed by atoms with Crippen molar-refractivity contribution in [3.8, 4) is 5.69 Å². The molecular weight excluding hydrogens is 379 g/mol. The molecule has 1 atom stereocenters. The van der Waals surface area contributed by atoms with Crippen LogP contribution in [0.3, 0.4) is 0 Å². The van der Waals surface area contributed by atoms with Gasteiger partial charge in [0.05, 0.1) is 0 Å². The number of nitrogens with zero attached hydrogens (tertiary/aromatic N) is 1. The van der Waals surface area contributed by atoms with Gasteiger partial charge in [-0.15, -0.1) is 0 Å². The molecule has 1 unspecified atom stereocenters. The van der Waals surface area contributed by atoms with E-state index in [2.05, 4.69) is 5.32 Å². The van der Waals surface area contributed by atoms with Crippen molar-refractivity contribution >= 4 is 35.3 Å². The molecule has 0 radical (unpaired) electrons. The van der Waals surface area contributed by atoms with E-state index >= 15 is 0 Å². The van der Waals surface area contributed by atoms with Gasteiger partial charge in [-0.25, -0.2) is 9.59 Å². The van der Waals surface area contributed by atoms with E-state index in [1.807, 2.05) is 0 Å². The van der Waals surface area contributed by atoms with Crippen LogP contribution in [0.25, 0.3) is 5.69 Å². The average Bonchev–Trinajstić information content (AvgIpc) is 2.91.